The van der Waals surface area contributed by atoms with Crippen LogP contribution in [-0.2, 0) is 4.84 Å². The van der Waals surface area contributed by atoms with Crippen LogP contribution in [0.15, 0.2) is 65.8 Å². The Labute approximate surface area is 148 Å². The van der Waals surface area contributed by atoms with Crippen molar-refractivity contribution in [3.8, 4) is 11.1 Å². The zero-order valence-corrected chi connectivity index (χ0v) is 15.3. The molecule has 0 saturated heterocycles. The average molecular weight is 344 g/mol. The van der Waals surface area contributed by atoms with Gasteiger partial charge in [-0.3, -0.25) is 4.84 Å². The van der Waals surface area contributed by atoms with Gasteiger partial charge in [0.25, 0.3) is 0 Å². The Balaban J connectivity index is 0.000000240. The molecule has 5 heteroatoms. The van der Waals surface area contributed by atoms with Gasteiger partial charge < -0.3 is 5.32 Å². The van der Waals surface area contributed by atoms with Gasteiger partial charge in [-0.1, -0.05) is 65.8 Å². The zero-order chi connectivity index (χ0) is 17.8. The van der Waals surface area contributed by atoms with Crippen LogP contribution in [0.1, 0.15) is 13.8 Å². The number of hydrogen-bond acceptors (Lipinski definition) is 4. The van der Waals surface area contributed by atoms with E-state index in [9.17, 15) is 4.79 Å². The number of nitrogens with zero attached hydrogens (tertiary/aromatic N) is 1. The molecule has 0 aliphatic heterocycles. The highest BCUT2D eigenvalue weighted by Gasteiger charge is 2.12. The third-order valence-corrected chi connectivity index (χ3v) is 4.27. The molecule has 0 heterocycles. The molecule has 0 unspecified atom stereocenters. The van der Waals surface area contributed by atoms with Crippen molar-refractivity contribution in [2.24, 2.45) is 5.16 Å². The Bertz CT molecular complexity index is 591. The summed E-state index contributed by atoms with van der Waals surface area (Å²) in [5, 5.41) is 5.81. The first-order valence-electron chi connectivity index (χ1n) is 7.57. The summed E-state index contributed by atoms with van der Waals surface area (Å²) in [6, 6.07) is 20.8. The Kier molecular flexibility index (Phi) is 8.65. The van der Waals surface area contributed by atoms with Crippen molar-refractivity contribution in [1.29, 1.82) is 0 Å². The number of benzene rings is 2. The van der Waals surface area contributed by atoms with Gasteiger partial charge in [-0.05, 0) is 31.2 Å². The second kappa shape index (κ2) is 10.5. The molecule has 128 valence electrons. The molecule has 0 fully saturated rings. The van der Waals surface area contributed by atoms with E-state index in [-0.39, 0.29) is 4.75 Å². The first-order chi connectivity index (χ1) is 11.5. The summed E-state index contributed by atoms with van der Waals surface area (Å²) in [6.07, 6.45) is 3.00. The number of oxime groups is 1. The van der Waals surface area contributed by atoms with E-state index in [4.69, 9.17) is 0 Å². The zero-order valence-electron chi connectivity index (χ0n) is 14.5. The quantitative estimate of drug-likeness (QED) is 0.491. The number of hydrogen-bond donors (Lipinski definition) is 1. The van der Waals surface area contributed by atoms with E-state index in [0.29, 0.717) is 0 Å². The molecule has 0 bridgehead atoms. The van der Waals surface area contributed by atoms with Crippen LogP contribution in [0.4, 0.5) is 4.79 Å². The molecule has 0 radical (unpaired) electrons. The number of nitrogens with one attached hydrogen (secondary N) is 1. The van der Waals surface area contributed by atoms with Crippen LogP contribution in [0, 0.1) is 0 Å². The van der Waals surface area contributed by atoms with E-state index in [1.165, 1.54) is 18.2 Å². The van der Waals surface area contributed by atoms with Gasteiger partial charge in [-0.25, -0.2) is 4.79 Å². The van der Waals surface area contributed by atoms with Crippen molar-refractivity contribution < 1.29 is 9.63 Å². The normalized spacial score (nSPS) is 10.7. The molecule has 0 aliphatic carbocycles. The lowest BCUT2D eigenvalue weighted by Gasteiger charge is -2.13. The molecule has 0 aromatic heterocycles. The first-order valence-corrected chi connectivity index (χ1v) is 8.80. The van der Waals surface area contributed by atoms with E-state index in [1.807, 2.05) is 32.2 Å². The van der Waals surface area contributed by atoms with Crippen LogP contribution in [0.25, 0.3) is 11.1 Å². The van der Waals surface area contributed by atoms with Crippen molar-refractivity contribution in [3.63, 3.8) is 0 Å². The van der Waals surface area contributed by atoms with Gasteiger partial charge in [-0.15, -0.1) is 0 Å². The third-order valence-electron chi connectivity index (χ3n) is 3.11. The summed E-state index contributed by atoms with van der Waals surface area (Å²) in [4.78, 5) is 15.0. The van der Waals surface area contributed by atoms with Gasteiger partial charge in [0, 0.05) is 11.8 Å². The molecule has 0 saturated carbocycles. The smallest absolute Gasteiger partial charge is 0.323 e. The van der Waals surface area contributed by atoms with Crippen molar-refractivity contribution in [3.05, 3.63) is 60.7 Å². The monoisotopic (exact) mass is 344 g/mol. The molecule has 1 amide bonds. The minimum absolute atomic E-state index is 0.103. The van der Waals surface area contributed by atoms with Gasteiger partial charge in [0.05, 0.1) is 6.21 Å². The summed E-state index contributed by atoms with van der Waals surface area (Å²) in [7, 11) is 1.48. The van der Waals surface area contributed by atoms with Crippen molar-refractivity contribution in [2.75, 3.05) is 13.3 Å². The van der Waals surface area contributed by atoms with Gasteiger partial charge in [0.15, 0.2) is 0 Å². The third kappa shape index (κ3) is 7.83. The summed E-state index contributed by atoms with van der Waals surface area (Å²) in [5.41, 5.74) is 2.55. The maximum Gasteiger partial charge on any atom is 0.433 e. The van der Waals surface area contributed by atoms with Crippen molar-refractivity contribution in [1.82, 2.24) is 5.32 Å². The maximum atomic E-state index is 10.5. The fourth-order valence-corrected chi connectivity index (χ4v) is 1.71. The number of rotatable bonds is 4. The number of thioether (sulfide) groups is 1. The van der Waals surface area contributed by atoms with Crippen LogP contribution >= 0.6 is 11.8 Å². The lowest BCUT2D eigenvalue weighted by Crippen LogP contribution is -2.19. The summed E-state index contributed by atoms with van der Waals surface area (Å²) in [5.74, 6) is 0. The molecule has 0 spiro atoms. The molecule has 2 aromatic carbocycles. The lowest BCUT2D eigenvalue weighted by molar-refractivity contribution is 0.153. The summed E-state index contributed by atoms with van der Waals surface area (Å²) >= 11 is 1.63. The minimum Gasteiger partial charge on any atom is -0.323 e. The number of carbonyl (C=O) groups is 1. The van der Waals surface area contributed by atoms with Crippen LogP contribution in [0.2, 0.25) is 0 Å². The SMILES string of the molecule is CNC(=O)O/N=C/C(C)(C)SC.c1ccc(-c2ccccc2)cc1. The largest absolute Gasteiger partial charge is 0.433 e. The highest BCUT2D eigenvalue weighted by atomic mass is 32.2. The average Bonchev–Trinajstić information content (AvgIpc) is 2.63. The maximum absolute atomic E-state index is 10.5. The highest BCUT2D eigenvalue weighted by molar-refractivity contribution is 8.00. The predicted molar refractivity (Wildman–Crippen MR) is 104 cm³/mol. The summed E-state index contributed by atoms with van der Waals surface area (Å²) < 4.78 is -0.103. The molecule has 24 heavy (non-hydrogen) atoms. The molecule has 2 aromatic rings. The Morgan fingerprint density at radius 1 is 1.04 bits per heavy atom. The second-order valence-electron chi connectivity index (χ2n) is 5.40. The van der Waals surface area contributed by atoms with Gasteiger partial charge >= 0.3 is 6.09 Å². The standard InChI is InChI=1S/C12H10.C7H14N2O2S/c1-3-7-11(8-4-1)12-9-5-2-6-10-12;1-7(2,12-4)5-9-11-6(10)8-3/h1-10H;5H,1-4H3,(H,8,10)/b;9-5+. The predicted octanol–water partition coefficient (Wildman–Crippen LogP) is 4.82. The Morgan fingerprint density at radius 2 is 1.50 bits per heavy atom. The Hall–Kier alpha value is -2.27. The fourth-order valence-electron chi connectivity index (χ4n) is 1.56. The second-order valence-corrected chi connectivity index (χ2v) is 6.86. The van der Waals surface area contributed by atoms with Gasteiger partial charge in [0.2, 0.25) is 0 Å². The van der Waals surface area contributed by atoms with E-state index in [2.05, 4.69) is 63.8 Å². The lowest BCUT2D eigenvalue weighted by atomic mass is 10.1. The first kappa shape index (κ1) is 19.8. The molecule has 1 N–H and O–H groups in total. The number of carbonyl (C=O) groups excluding carboxylic acids is 1. The molecule has 4 nitrogen and oxygen atoms in total. The van der Waals surface area contributed by atoms with E-state index < -0.39 is 6.09 Å². The topological polar surface area (TPSA) is 50.7 Å². The van der Waals surface area contributed by atoms with Crippen LogP contribution in [0.3, 0.4) is 0 Å². The van der Waals surface area contributed by atoms with Crippen LogP contribution in [-0.4, -0.2) is 30.4 Å². The molecular weight excluding hydrogens is 320 g/mol. The van der Waals surface area contributed by atoms with E-state index in [1.54, 1.807) is 18.0 Å². The fraction of sp³-hybridized carbons (Fsp3) is 0.263. The van der Waals surface area contributed by atoms with E-state index >= 15 is 0 Å². The molecule has 2 rings (SSSR count). The van der Waals surface area contributed by atoms with Crippen LogP contribution < -0.4 is 5.32 Å². The van der Waals surface area contributed by atoms with E-state index in [0.717, 1.165) is 0 Å². The van der Waals surface area contributed by atoms with Crippen molar-refractivity contribution in [2.45, 2.75) is 18.6 Å². The minimum atomic E-state index is -0.553. The Morgan fingerprint density at radius 3 is 1.88 bits per heavy atom. The highest BCUT2D eigenvalue weighted by Crippen LogP contribution is 2.18. The molecule has 0 atom stereocenters. The molecule has 0 aliphatic rings. The van der Waals surface area contributed by atoms with Gasteiger partial charge in [0.1, 0.15) is 0 Å². The molecular formula is C19H24N2O2S. The van der Waals surface area contributed by atoms with Crippen molar-refractivity contribution >= 4 is 24.1 Å². The summed E-state index contributed by atoms with van der Waals surface area (Å²) in [6.45, 7) is 3.96. The van der Waals surface area contributed by atoms with Gasteiger partial charge in [-0.2, -0.15) is 11.8 Å². The number of amides is 1. The van der Waals surface area contributed by atoms with Crippen LogP contribution in [0.5, 0.6) is 0 Å².